The standard InChI is InChI=1S/C37H36N6O2/c1-37(2,3)45-36(44)43-30-16-23(30)17-31(43)35-40-27-11-7-21-13-19(5-9-25(21)33(27)42-35)18-4-8-24-20(12-18)6-10-26-32(24)41-34(39-26)29-15-22-14-28(22)38-29/h4-13,22-23,28-31,38H,14-17H2,1-3H3,(H,39,41)(H,40,42)/t22-,23?,28-,29+,30?,31+/m1/s1. The number of nitrogens with zero attached hydrogens (tertiary/aromatic N) is 3. The summed E-state index contributed by atoms with van der Waals surface area (Å²) in [6.45, 7) is 5.76. The van der Waals surface area contributed by atoms with Gasteiger partial charge >= 0.3 is 6.09 Å². The van der Waals surface area contributed by atoms with Gasteiger partial charge in [-0.2, -0.15) is 0 Å². The summed E-state index contributed by atoms with van der Waals surface area (Å²) in [6.07, 6.45) is 4.26. The van der Waals surface area contributed by atoms with Gasteiger partial charge in [-0.3, -0.25) is 4.90 Å². The van der Waals surface area contributed by atoms with Gasteiger partial charge in [-0.1, -0.05) is 36.4 Å². The van der Waals surface area contributed by atoms with Crippen molar-refractivity contribution in [3.05, 3.63) is 72.3 Å². The van der Waals surface area contributed by atoms with Crippen LogP contribution in [0.3, 0.4) is 0 Å². The minimum Gasteiger partial charge on any atom is -0.444 e. The molecule has 4 heterocycles. The molecule has 226 valence electrons. The van der Waals surface area contributed by atoms with Crippen molar-refractivity contribution < 1.29 is 9.53 Å². The van der Waals surface area contributed by atoms with Gasteiger partial charge < -0.3 is 20.0 Å². The van der Waals surface area contributed by atoms with Gasteiger partial charge in [-0.05, 0) is 104 Å². The Morgan fingerprint density at radius 3 is 2.04 bits per heavy atom. The largest absolute Gasteiger partial charge is 0.444 e. The molecule has 8 heteroatoms. The fourth-order valence-corrected chi connectivity index (χ4v) is 8.13. The first-order valence-electron chi connectivity index (χ1n) is 16.4. The van der Waals surface area contributed by atoms with E-state index in [0.29, 0.717) is 18.0 Å². The van der Waals surface area contributed by atoms with Crippen LogP contribution in [0.4, 0.5) is 4.79 Å². The molecule has 2 unspecified atom stereocenters. The summed E-state index contributed by atoms with van der Waals surface area (Å²) in [4.78, 5) is 32.4. The van der Waals surface area contributed by atoms with Crippen LogP contribution in [-0.2, 0) is 4.74 Å². The van der Waals surface area contributed by atoms with Crippen LogP contribution in [0, 0.1) is 11.8 Å². The first-order valence-corrected chi connectivity index (χ1v) is 16.4. The molecule has 4 aliphatic rings. The van der Waals surface area contributed by atoms with Gasteiger partial charge in [0.1, 0.15) is 17.2 Å². The first-order chi connectivity index (χ1) is 21.8. The summed E-state index contributed by atoms with van der Waals surface area (Å²) in [5.41, 5.74) is 5.92. The van der Waals surface area contributed by atoms with E-state index in [1.807, 2.05) is 25.7 Å². The number of H-pyrrole nitrogens is 2. The molecule has 0 bridgehead atoms. The van der Waals surface area contributed by atoms with Crippen molar-refractivity contribution >= 4 is 49.7 Å². The average molecular weight is 597 g/mol. The Kier molecular flexibility index (Phi) is 5.08. The molecule has 2 saturated carbocycles. The molecule has 2 aliphatic heterocycles. The van der Waals surface area contributed by atoms with Crippen LogP contribution in [0.2, 0.25) is 0 Å². The molecule has 4 aromatic carbocycles. The van der Waals surface area contributed by atoms with Gasteiger partial charge in [0, 0.05) is 22.9 Å². The summed E-state index contributed by atoms with van der Waals surface area (Å²) in [5, 5.41) is 8.34. The third kappa shape index (κ3) is 4.11. The fraction of sp³-hybridized carbons (Fsp3) is 0.378. The van der Waals surface area contributed by atoms with Crippen molar-refractivity contribution in [1.29, 1.82) is 0 Å². The number of hydrogen-bond acceptors (Lipinski definition) is 5. The predicted molar refractivity (Wildman–Crippen MR) is 176 cm³/mol. The lowest BCUT2D eigenvalue weighted by Gasteiger charge is -2.29. The second-order valence-electron chi connectivity index (χ2n) is 14.8. The second-order valence-corrected chi connectivity index (χ2v) is 14.8. The summed E-state index contributed by atoms with van der Waals surface area (Å²) in [6, 6.07) is 23.2. The summed E-state index contributed by atoms with van der Waals surface area (Å²) >= 11 is 0. The van der Waals surface area contributed by atoms with Crippen LogP contribution in [0.1, 0.15) is 70.2 Å². The van der Waals surface area contributed by atoms with Crippen LogP contribution < -0.4 is 5.32 Å². The van der Waals surface area contributed by atoms with Crippen molar-refractivity contribution in [3.63, 3.8) is 0 Å². The number of carbonyl (C=O) groups excluding carboxylic acids is 1. The SMILES string of the molecule is CC(C)(C)OC(=O)N1C2CC2C[C@H]1c1nc2c(ccc3cc(-c4ccc5c(ccc6[nH]c([C@@H]7C[C@H]8C[C@H]8N7)nc65)c4)ccc32)[nH]1. The third-order valence-electron chi connectivity index (χ3n) is 10.5. The highest BCUT2D eigenvalue weighted by Gasteiger charge is 2.56. The van der Waals surface area contributed by atoms with Crippen LogP contribution in [-0.4, -0.2) is 48.6 Å². The Morgan fingerprint density at radius 2 is 1.42 bits per heavy atom. The van der Waals surface area contributed by atoms with E-state index < -0.39 is 5.60 Å². The maximum absolute atomic E-state index is 13.1. The zero-order valence-corrected chi connectivity index (χ0v) is 25.7. The van der Waals surface area contributed by atoms with E-state index in [0.717, 1.165) is 63.2 Å². The number of aromatic nitrogens is 4. The monoisotopic (exact) mass is 596 g/mol. The van der Waals surface area contributed by atoms with Gasteiger partial charge in [-0.15, -0.1) is 0 Å². The van der Waals surface area contributed by atoms with Crippen molar-refractivity contribution in [2.24, 2.45) is 11.8 Å². The molecule has 0 radical (unpaired) electrons. The quantitative estimate of drug-likeness (QED) is 0.193. The van der Waals surface area contributed by atoms with Crippen molar-refractivity contribution in [2.75, 3.05) is 0 Å². The Labute approximate surface area is 260 Å². The molecule has 1 amide bonds. The smallest absolute Gasteiger partial charge is 0.411 e. The highest BCUT2D eigenvalue weighted by atomic mass is 16.6. The number of likely N-dealkylation sites (tertiary alicyclic amines) is 1. The molecule has 2 aromatic heterocycles. The molecule has 8 nitrogen and oxygen atoms in total. The Balaban J connectivity index is 0.971. The Bertz CT molecular complexity index is 2200. The number of ether oxygens (including phenoxy) is 1. The van der Waals surface area contributed by atoms with E-state index in [1.165, 1.54) is 34.7 Å². The minimum absolute atomic E-state index is 0.0833. The predicted octanol–water partition coefficient (Wildman–Crippen LogP) is 7.91. The Morgan fingerprint density at radius 1 is 0.778 bits per heavy atom. The van der Waals surface area contributed by atoms with Crippen molar-refractivity contribution in [1.82, 2.24) is 30.2 Å². The van der Waals surface area contributed by atoms with Gasteiger partial charge in [0.15, 0.2) is 0 Å². The van der Waals surface area contributed by atoms with Gasteiger partial charge in [0.05, 0.1) is 34.2 Å². The third-order valence-corrected chi connectivity index (χ3v) is 10.5. The second kappa shape index (κ2) is 8.85. The number of amides is 1. The number of nitrogens with one attached hydrogen (secondary N) is 3. The van der Waals surface area contributed by atoms with E-state index in [4.69, 9.17) is 14.7 Å². The molecular weight excluding hydrogens is 560 g/mol. The summed E-state index contributed by atoms with van der Waals surface area (Å²) < 4.78 is 5.78. The highest BCUT2D eigenvalue weighted by Crippen LogP contribution is 2.53. The lowest BCUT2D eigenvalue weighted by Crippen LogP contribution is -2.38. The van der Waals surface area contributed by atoms with Crippen molar-refractivity contribution in [3.8, 4) is 11.1 Å². The molecule has 45 heavy (non-hydrogen) atoms. The zero-order valence-electron chi connectivity index (χ0n) is 25.7. The van der Waals surface area contributed by atoms with Gasteiger partial charge in [0.25, 0.3) is 0 Å². The molecule has 10 rings (SSSR count). The number of hydrogen-bond donors (Lipinski definition) is 3. The maximum Gasteiger partial charge on any atom is 0.411 e. The van der Waals surface area contributed by atoms with E-state index >= 15 is 0 Å². The lowest BCUT2D eigenvalue weighted by atomic mass is 9.98. The van der Waals surface area contributed by atoms with Gasteiger partial charge in [-0.25, -0.2) is 14.8 Å². The minimum atomic E-state index is -0.525. The number of rotatable bonds is 3. The van der Waals surface area contributed by atoms with Gasteiger partial charge in [0.2, 0.25) is 0 Å². The van der Waals surface area contributed by atoms with Crippen LogP contribution in [0.25, 0.3) is 54.7 Å². The van der Waals surface area contributed by atoms with Crippen LogP contribution in [0.5, 0.6) is 0 Å². The molecule has 6 atom stereocenters. The average Bonchev–Trinajstić information content (AvgIpc) is 3.63. The number of aromatic amines is 2. The maximum atomic E-state index is 13.1. The number of imidazole rings is 2. The van der Waals surface area contributed by atoms with E-state index in [-0.39, 0.29) is 18.2 Å². The van der Waals surface area contributed by atoms with E-state index in [2.05, 4.69) is 75.9 Å². The first kappa shape index (κ1) is 25.9. The molecule has 3 N–H and O–H groups in total. The lowest BCUT2D eigenvalue weighted by molar-refractivity contribution is 0.0175. The normalized spacial score (nSPS) is 27.0. The summed E-state index contributed by atoms with van der Waals surface area (Å²) in [5.74, 6) is 3.29. The fourth-order valence-electron chi connectivity index (χ4n) is 8.13. The number of fused-ring (bicyclic) bond motifs is 8. The summed E-state index contributed by atoms with van der Waals surface area (Å²) in [7, 11) is 0. The molecular formula is C37H36N6O2. The molecule has 6 aromatic rings. The highest BCUT2D eigenvalue weighted by molar-refractivity contribution is 6.07. The van der Waals surface area contributed by atoms with Crippen LogP contribution >= 0.6 is 0 Å². The van der Waals surface area contributed by atoms with Crippen LogP contribution in [0.15, 0.2) is 60.7 Å². The molecule has 2 aliphatic carbocycles. The molecule has 4 fully saturated rings. The van der Waals surface area contributed by atoms with E-state index in [1.54, 1.807) is 0 Å². The number of piperidine rings is 2. The Hall–Kier alpha value is -4.43. The van der Waals surface area contributed by atoms with E-state index in [9.17, 15) is 4.79 Å². The zero-order chi connectivity index (χ0) is 30.2. The molecule has 2 saturated heterocycles. The number of benzene rings is 4. The molecule has 0 spiro atoms. The van der Waals surface area contributed by atoms with Crippen molar-refractivity contribution in [2.45, 2.75) is 76.2 Å². The topological polar surface area (TPSA) is 98.9 Å². The number of carbonyl (C=O) groups is 1.